The maximum atomic E-state index is 12.8. The van der Waals surface area contributed by atoms with Gasteiger partial charge < -0.3 is 15.2 Å². The zero-order valence-corrected chi connectivity index (χ0v) is 9.86. The molecule has 0 heterocycles. The highest BCUT2D eigenvalue weighted by Crippen LogP contribution is 2.40. The van der Waals surface area contributed by atoms with Crippen molar-refractivity contribution in [2.45, 2.75) is 6.18 Å². The van der Waals surface area contributed by atoms with E-state index in [0.717, 1.165) is 6.07 Å². The third-order valence-electron chi connectivity index (χ3n) is 2.18. The number of rotatable bonds is 5. The first kappa shape index (κ1) is 15.0. The summed E-state index contributed by atoms with van der Waals surface area (Å²) in [6.45, 7) is -0.0506. The van der Waals surface area contributed by atoms with Gasteiger partial charge in [-0.3, -0.25) is 10.1 Å². The van der Waals surface area contributed by atoms with Crippen molar-refractivity contribution in [1.29, 1.82) is 0 Å². The number of ether oxygens (including phenoxy) is 2. The molecule has 0 saturated heterocycles. The Morgan fingerprint density at radius 1 is 1.37 bits per heavy atom. The van der Waals surface area contributed by atoms with Gasteiger partial charge in [-0.2, -0.15) is 13.2 Å². The summed E-state index contributed by atoms with van der Waals surface area (Å²) in [6, 6.07) is 1.15. The van der Waals surface area contributed by atoms with Gasteiger partial charge in [0.15, 0.2) is 0 Å². The molecule has 0 aliphatic rings. The lowest BCUT2D eigenvalue weighted by Gasteiger charge is -2.14. The number of nitrogen functional groups attached to an aromatic ring is 1. The molecule has 1 aromatic rings. The van der Waals surface area contributed by atoms with Crippen molar-refractivity contribution in [3.8, 4) is 5.75 Å². The molecule has 19 heavy (non-hydrogen) atoms. The van der Waals surface area contributed by atoms with E-state index in [2.05, 4.69) is 4.74 Å². The predicted molar refractivity (Wildman–Crippen MR) is 59.9 cm³/mol. The lowest BCUT2D eigenvalue weighted by atomic mass is 10.1. The van der Waals surface area contributed by atoms with E-state index in [1.807, 2.05) is 0 Å². The summed E-state index contributed by atoms with van der Waals surface area (Å²) < 4.78 is 47.8. The van der Waals surface area contributed by atoms with Crippen molar-refractivity contribution >= 4 is 11.4 Å². The first-order chi connectivity index (χ1) is 8.77. The molecule has 0 aliphatic carbocycles. The summed E-state index contributed by atoms with van der Waals surface area (Å²) in [5.41, 5.74) is 2.86. The van der Waals surface area contributed by atoms with Crippen LogP contribution in [0.5, 0.6) is 5.75 Å². The number of nitrogens with two attached hydrogens (primary N) is 1. The van der Waals surface area contributed by atoms with E-state index < -0.39 is 33.8 Å². The highest BCUT2D eigenvalue weighted by atomic mass is 19.4. The smallest absolute Gasteiger partial charge is 0.420 e. The fraction of sp³-hybridized carbons (Fsp3) is 0.400. The minimum absolute atomic E-state index is 0.0776. The molecule has 0 aromatic heterocycles. The van der Waals surface area contributed by atoms with Crippen LogP contribution in [0.25, 0.3) is 0 Å². The van der Waals surface area contributed by atoms with Gasteiger partial charge in [0.1, 0.15) is 23.6 Å². The molecule has 0 bridgehead atoms. The fourth-order valence-electron chi connectivity index (χ4n) is 1.32. The zero-order valence-electron chi connectivity index (χ0n) is 9.86. The van der Waals surface area contributed by atoms with Crippen LogP contribution in [0.15, 0.2) is 12.1 Å². The predicted octanol–water partition coefficient (Wildman–Crippen LogP) is 2.22. The molecule has 9 heteroatoms. The summed E-state index contributed by atoms with van der Waals surface area (Å²) in [5, 5.41) is 10.6. The molecule has 106 valence electrons. The van der Waals surface area contributed by atoms with E-state index in [9.17, 15) is 23.3 Å². The Balaban J connectivity index is 3.21. The summed E-state index contributed by atoms with van der Waals surface area (Å²) in [7, 11) is 1.36. The molecular weight excluding hydrogens is 269 g/mol. The molecule has 0 atom stereocenters. The van der Waals surface area contributed by atoms with Crippen molar-refractivity contribution in [3.63, 3.8) is 0 Å². The Hall–Kier alpha value is -2.03. The molecule has 0 unspecified atom stereocenters. The largest absolute Gasteiger partial charge is 0.490 e. The van der Waals surface area contributed by atoms with E-state index >= 15 is 0 Å². The number of nitro benzene ring substituents is 1. The van der Waals surface area contributed by atoms with Crippen molar-refractivity contribution < 1.29 is 27.6 Å². The molecular formula is C10H11F3N2O4. The monoisotopic (exact) mass is 280 g/mol. The van der Waals surface area contributed by atoms with E-state index in [0.29, 0.717) is 6.07 Å². The van der Waals surface area contributed by atoms with Crippen LogP contribution in [-0.4, -0.2) is 25.2 Å². The van der Waals surface area contributed by atoms with E-state index in [-0.39, 0.29) is 13.2 Å². The van der Waals surface area contributed by atoms with Crippen LogP contribution in [-0.2, 0) is 10.9 Å². The Kier molecular flexibility index (Phi) is 4.54. The minimum atomic E-state index is -4.78. The van der Waals surface area contributed by atoms with Crippen molar-refractivity contribution in [2.75, 3.05) is 26.1 Å². The Labute approximate surface area is 106 Å². The number of halogens is 3. The molecule has 0 amide bonds. The van der Waals surface area contributed by atoms with Gasteiger partial charge in [-0.1, -0.05) is 0 Å². The molecule has 0 saturated carbocycles. The summed E-state index contributed by atoms with van der Waals surface area (Å²) >= 11 is 0. The van der Waals surface area contributed by atoms with Gasteiger partial charge in [0.05, 0.1) is 11.5 Å². The Morgan fingerprint density at radius 2 is 2.00 bits per heavy atom. The van der Waals surface area contributed by atoms with Crippen LogP contribution in [0.3, 0.4) is 0 Å². The third-order valence-corrected chi connectivity index (χ3v) is 2.18. The number of benzene rings is 1. The second kappa shape index (κ2) is 5.74. The number of alkyl halides is 3. The molecule has 0 fully saturated rings. The molecule has 2 N–H and O–H groups in total. The average molecular weight is 280 g/mol. The Morgan fingerprint density at radius 3 is 2.47 bits per heavy atom. The molecule has 0 spiro atoms. The lowest BCUT2D eigenvalue weighted by Crippen LogP contribution is -2.13. The molecule has 1 aromatic carbocycles. The van der Waals surface area contributed by atoms with E-state index in [4.69, 9.17) is 10.5 Å². The number of anilines is 1. The van der Waals surface area contributed by atoms with Gasteiger partial charge >= 0.3 is 6.18 Å². The molecule has 0 aliphatic heterocycles. The topological polar surface area (TPSA) is 87.6 Å². The minimum Gasteiger partial charge on any atom is -0.490 e. The Bertz CT molecular complexity index is 477. The second-order valence-corrected chi connectivity index (χ2v) is 3.50. The summed E-state index contributed by atoms with van der Waals surface area (Å²) in [4.78, 5) is 9.59. The fourth-order valence-corrected chi connectivity index (χ4v) is 1.32. The first-order valence-electron chi connectivity index (χ1n) is 5.04. The van der Waals surface area contributed by atoms with Crippen LogP contribution in [0.1, 0.15) is 5.56 Å². The maximum Gasteiger partial charge on any atom is 0.420 e. The maximum absolute atomic E-state index is 12.8. The van der Waals surface area contributed by atoms with Crippen molar-refractivity contribution in [2.24, 2.45) is 0 Å². The summed E-state index contributed by atoms with van der Waals surface area (Å²) in [6.07, 6.45) is -4.78. The van der Waals surface area contributed by atoms with E-state index in [1.54, 1.807) is 0 Å². The number of nitro groups is 1. The quantitative estimate of drug-likeness (QED) is 0.386. The second-order valence-electron chi connectivity index (χ2n) is 3.50. The normalized spacial score (nSPS) is 11.4. The molecule has 6 nitrogen and oxygen atoms in total. The van der Waals surface area contributed by atoms with Gasteiger partial charge in [0.25, 0.3) is 5.69 Å². The first-order valence-corrected chi connectivity index (χ1v) is 5.04. The molecule has 0 radical (unpaired) electrons. The number of hydrogen-bond acceptors (Lipinski definition) is 5. The van der Waals surface area contributed by atoms with Crippen LogP contribution in [0.4, 0.5) is 24.5 Å². The highest BCUT2D eigenvalue weighted by molar-refractivity contribution is 5.64. The number of nitrogens with zero attached hydrogens (tertiary/aromatic N) is 1. The van der Waals surface area contributed by atoms with Crippen LogP contribution in [0, 0.1) is 10.1 Å². The van der Waals surface area contributed by atoms with Crippen molar-refractivity contribution in [3.05, 3.63) is 27.8 Å². The third kappa shape index (κ3) is 3.71. The van der Waals surface area contributed by atoms with Crippen LogP contribution >= 0.6 is 0 Å². The van der Waals surface area contributed by atoms with Gasteiger partial charge in [0.2, 0.25) is 0 Å². The standard InChI is InChI=1S/C10H11F3N2O4/c1-18-2-3-19-9-5-7(14)8(15(16)17)4-6(9)10(11,12)13/h4-5H,2-3,14H2,1H3. The van der Waals surface area contributed by atoms with Crippen molar-refractivity contribution in [1.82, 2.24) is 0 Å². The summed E-state index contributed by atoms with van der Waals surface area (Å²) in [5.74, 6) is -0.562. The SMILES string of the molecule is COCCOc1cc(N)c([N+](=O)[O-])cc1C(F)(F)F. The van der Waals surface area contributed by atoms with Crippen LogP contribution < -0.4 is 10.5 Å². The molecule has 1 rings (SSSR count). The van der Waals surface area contributed by atoms with Gasteiger partial charge in [0, 0.05) is 19.2 Å². The average Bonchev–Trinajstić information content (AvgIpc) is 2.27. The van der Waals surface area contributed by atoms with E-state index in [1.165, 1.54) is 7.11 Å². The lowest BCUT2D eigenvalue weighted by molar-refractivity contribution is -0.384. The number of hydrogen-bond donors (Lipinski definition) is 1. The number of methoxy groups -OCH3 is 1. The van der Waals surface area contributed by atoms with Gasteiger partial charge in [-0.15, -0.1) is 0 Å². The van der Waals surface area contributed by atoms with Gasteiger partial charge in [-0.25, -0.2) is 0 Å². The van der Waals surface area contributed by atoms with Crippen LogP contribution in [0.2, 0.25) is 0 Å². The van der Waals surface area contributed by atoms with Gasteiger partial charge in [-0.05, 0) is 0 Å². The highest BCUT2D eigenvalue weighted by Gasteiger charge is 2.37. The zero-order chi connectivity index (χ0) is 14.6.